The average Bonchev–Trinajstić information content (AvgIpc) is 3.80. The first-order valence-electron chi connectivity index (χ1n) is 15.0. The molecule has 0 spiro atoms. The molecule has 2 heterocycles. The van der Waals surface area contributed by atoms with Crippen LogP contribution in [0.15, 0.2) is 55.8 Å². The Morgan fingerprint density at radius 1 is 1.17 bits per heavy atom. The van der Waals surface area contributed by atoms with E-state index in [1.54, 1.807) is 45.4 Å². The molecule has 0 bridgehead atoms. The van der Waals surface area contributed by atoms with Crippen LogP contribution in [0, 0.1) is 5.92 Å². The number of hydrogen-bond donors (Lipinski definition) is 3. The second kappa shape index (κ2) is 13.9. The quantitative estimate of drug-likeness (QED) is 0.203. The molecule has 14 heteroatoms. The zero-order chi connectivity index (χ0) is 33.8. The van der Waals surface area contributed by atoms with Gasteiger partial charge in [0.05, 0.1) is 18.9 Å². The SMILES string of the molecule is C=CCC(C)(NC(=O)C1CC(Oc2nccc3cc(OC)ccc23)CN1C(=O)C(NC(=O)C=C)C(C)C)C(=O)NS(=O)(=O)C1CC1. The molecule has 1 saturated heterocycles. The Morgan fingerprint density at radius 2 is 1.89 bits per heavy atom. The molecule has 2 aromatic rings. The third-order valence-electron chi connectivity index (χ3n) is 8.13. The van der Waals surface area contributed by atoms with Crippen LogP contribution in [0.1, 0.15) is 46.5 Å². The molecule has 4 unspecified atom stereocenters. The van der Waals surface area contributed by atoms with Gasteiger partial charge in [0.2, 0.25) is 33.6 Å². The Bertz CT molecular complexity index is 1640. The first-order chi connectivity index (χ1) is 21.7. The minimum atomic E-state index is -3.90. The Balaban J connectivity index is 1.64. The molecule has 1 aliphatic heterocycles. The Hall–Kier alpha value is -4.46. The summed E-state index contributed by atoms with van der Waals surface area (Å²) in [6.45, 7) is 12.0. The van der Waals surface area contributed by atoms with Gasteiger partial charge in [-0.15, -0.1) is 6.58 Å². The molecule has 248 valence electrons. The van der Waals surface area contributed by atoms with Gasteiger partial charge in [0, 0.05) is 18.0 Å². The van der Waals surface area contributed by atoms with Gasteiger partial charge >= 0.3 is 0 Å². The lowest BCUT2D eigenvalue weighted by Gasteiger charge is -2.33. The molecule has 1 aliphatic carbocycles. The first kappa shape index (κ1) is 34.4. The van der Waals surface area contributed by atoms with Gasteiger partial charge in [-0.25, -0.2) is 13.4 Å². The number of ether oxygens (including phenoxy) is 2. The summed E-state index contributed by atoms with van der Waals surface area (Å²) in [5.41, 5.74) is -1.70. The van der Waals surface area contributed by atoms with E-state index in [0.29, 0.717) is 29.9 Å². The summed E-state index contributed by atoms with van der Waals surface area (Å²) in [7, 11) is -2.34. The number of aromatic nitrogens is 1. The molecule has 13 nitrogen and oxygen atoms in total. The predicted octanol–water partition coefficient (Wildman–Crippen LogP) is 1.98. The zero-order valence-electron chi connectivity index (χ0n) is 26.4. The van der Waals surface area contributed by atoms with E-state index in [9.17, 15) is 27.6 Å². The van der Waals surface area contributed by atoms with Crippen molar-refractivity contribution in [2.24, 2.45) is 5.92 Å². The molecule has 4 rings (SSSR count). The highest BCUT2D eigenvalue weighted by Crippen LogP contribution is 2.31. The van der Waals surface area contributed by atoms with E-state index in [2.05, 4.69) is 33.5 Å². The van der Waals surface area contributed by atoms with Gasteiger partial charge in [0.1, 0.15) is 29.5 Å². The third-order valence-corrected chi connectivity index (χ3v) is 9.95. The number of benzene rings is 1. The number of rotatable bonds is 14. The summed E-state index contributed by atoms with van der Waals surface area (Å²) in [5.74, 6) is -2.10. The van der Waals surface area contributed by atoms with Gasteiger partial charge in [-0.2, -0.15) is 0 Å². The molecule has 46 heavy (non-hydrogen) atoms. The second-order valence-corrected chi connectivity index (χ2v) is 14.1. The van der Waals surface area contributed by atoms with Crippen LogP contribution >= 0.6 is 0 Å². The van der Waals surface area contributed by atoms with E-state index in [-0.39, 0.29) is 25.3 Å². The summed E-state index contributed by atoms with van der Waals surface area (Å²) in [6.07, 6.45) is 4.17. The van der Waals surface area contributed by atoms with Crippen LogP contribution in [0.4, 0.5) is 0 Å². The zero-order valence-corrected chi connectivity index (χ0v) is 27.3. The molecule has 0 radical (unpaired) electrons. The van der Waals surface area contributed by atoms with Gasteiger partial charge in [0.25, 0.3) is 5.91 Å². The highest BCUT2D eigenvalue weighted by Gasteiger charge is 2.47. The van der Waals surface area contributed by atoms with Crippen LogP contribution in [0.3, 0.4) is 0 Å². The van der Waals surface area contributed by atoms with Crippen molar-refractivity contribution in [3.63, 3.8) is 0 Å². The number of fused-ring (bicyclic) bond motifs is 1. The number of carbonyl (C=O) groups excluding carboxylic acids is 4. The topological polar surface area (TPSA) is 173 Å². The standard InChI is InChI=1S/C32H41N5O8S/c1-7-14-32(5,31(41)36-46(42,43)23-10-11-23)35-28(39)25-17-22(18-37(25)30(40)27(19(3)4)34-26(38)8-2)45-29-24-12-9-21(44-6)16-20(24)13-15-33-29/h7-9,12-13,15-16,19,22-23,25,27H,1-2,10-11,14,17-18H2,3-6H3,(H,34,38)(H,35,39)(H,36,41). The van der Waals surface area contributed by atoms with Crippen molar-refractivity contribution in [1.29, 1.82) is 0 Å². The van der Waals surface area contributed by atoms with Crippen LogP contribution in [-0.4, -0.2) is 84.6 Å². The molecule has 2 fully saturated rings. The first-order valence-corrected chi connectivity index (χ1v) is 16.6. The Labute approximate surface area is 268 Å². The number of amides is 4. The van der Waals surface area contributed by atoms with Crippen LogP contribution in [0.25, 0.3) is 10.8 Å². The lowest BCUT2D eigenvalue weighted by atomic mass is 9.96. The normalized spacial score (nSPS) is 19.9. The van der Waals surface area contributed by atoms with Crippen molar-refractivity contribution in [2.45, 2.75) is 75.4 Å². The third kappa shape index (κ3) is 7.66. The summed E-state index contributed by atoms with van der Waals surface area (Å²) in [6, 6.07) is 5.07. The monoisotopic (exact) mass is 655 g/mol. The van der Waals surface area contributed by atoms with Gasteiger partial charge < -0.3 is 25.0 Å². The van der Waals surface area contributed by atoms with Crippen molar-refractivity contribution < 1.29 is 37.1 Å². The molecule has 1 aromatic heterocycles. The van der Waals surface area contributed by atoms with E-state index in [4.69, 9.17) is 9.47 Å². The van der Waals surface area contributed by atoms with E-state index < -0.39 is 62.6 Å². The van der Waals surface area contributed by atoms with Gasteiger partial charge in [-0.1, -0.05) is 26.5 Å². The predicted molar refractivity (Wildman–Crippen MR) is 171 cm³/mol. The lowest BCUT2D eigenvalue weighted by Crippen LogP contribution is -2.62. The number of hydrogen-bond acceptors (Lipinski definition) is 9. The van der Waals surface area contributed by atoms with Crippen LogP contribution < -0.4 is 24.8 Å². The number of carbonyl (C=O) groups is 4. The number of sulfonamides is 1. The smallest absolute Gasteiger partial charge is 0.259 e. The summed E-state index contributed by atoms with van der Waals surface area (Å²) in [5, 5.41) is 6.18. The molecule has 4 amide bonds. The van der Waals surface area contributed by atoms with E-state index in [1.807, 2.05) is 6.07 Å². The number of pyridine rings is 1. The molecule has 1 saturated carbocycles. The minimum absolute atomic E-state index is 0.0260. The fourth-order valence-corrected chi connectivity index (χ4v) is 6.74. The minimum Gasteiger partial charge on any atom is -0.497 e. The molecular formula is C32H41N5O8S. The molecule has 3 N–H and O–H groups in total. The summed E-state index contributed by atoms with van der Waals surface area (Å²) in [4.78, 5) is 59.1. The highest BCUT2D eigenvalue weighted by molar-refractivity contribution is 7.90. The Kier molecular flexibility index (Phi) is 10.4. The van der Waals surface area contributed by atoms with E-state index >= 15 is 0 Å². The second-order valence-electron chi connectivity index (χ2n) is 12.1. The fraction of sp³-hybridized carbons (Fsp3) is 0.469. The molecular weight excluding hydrogens is 614 g/mol. The number of nitrogens with zero attached hydrogens (tertiary/aromatic N) is 2. The maximum absolute atomic E-state index is 14.0. The van der Waals surface area contributed by atoms with Crippen molar-refractivity contribution in [3.05, 3.63) is 55.8 Å². The van der Waals surface area contributed by atoms with Crippen molar-refractivity contribution in [3.8, 4) is 11.6 Å². The molecule has 4 atom stereocenters. The van der Waals surface area contributed by atoms with E-state index in [1.165, 1.54) is 17.9 Å². The number of methoxy groups -OCH3 is 1. The fourth-order valence-electron chi connectivity index (χ4n) is 5.33. The van der Waals surface area contributed by atoms with Gasteiger partial charge in [-0.3, -0.25) is 23.9 Å². The largest absolute Gasteiger partial charge is 0.497 e. The van der Waals surface area contributed by atoms with Crippen LogP contribution in [0.5, 0.6) is 11.6 Å². The maximum atomic E-state index is 14.0. The molecule has 2 aliphatic rings. The average molecular weight is 656 g/mol. The van der Waals surface area contributed by atoms with Crippen molar-refractivity contribution in [2.75, 3.05) is 13.7 Å². The molecule has 1 aromatic carbocycles. The van der Waals surface area contributed by atoms with Gasteiger partial charge in [0.15, 0.2) is 0 Å². The summed E-state index contributed by atoms with van der Waals surface area (Å²) >= 11 is 0. The van der Waals surface area contributed by atoms with Gasteiger partial charge in [-0.05, 0) is 67.8 Å². The Morgan fingerprint density at radius 3 is 2.50 bits per heavy atom. The van der Waals surface area contributed by atoms with Crippen molar-refractivity contribution in [1.82, 2.24) is 25.2 Å². The van der Waals surface area contributed by atoms with E-state index in [0.717, 1.165) is 11.5 Å². The van der Waals surface area contributed by atoms with Crippen molar-refractivity contribution >= 4 is 44.4 Å². The van der Waals surface area contributed by atoms with Crippen LogP contribution in [0.2, 0.25) is 0 Å². The lowest BCUT2D eigenvalue weighted by molar-refractivity contribution is -0.143. The maximum Gasteiger partial charge on any atom is 0.259 e. The number of likely N-dealkylation sites (tertiary alicyclic amines) is 1. The highest BCUT2D eigenvalue weighted by atomic mass is 32.2. The van der Waals surface area contributed by atoms with Crippen LogP contribution in [-0.2, 0) is 29.2 Å². The summed E-state index contributed by atoms with van der Waals surface area (Å²) < 4.78 is 38.8. The number of nitrogens with one attached hydrogen (secondary N) is 3.